The van der Waals surface area contributed by atoms with Crippen molar-refractivity contribution in [3.8, 4) is 0 Å². The Hall–Kier alpha value is -0.180. The van der Waals surface area contributed by atoms with Gasteiger partial charge in [-0.3, -0.25) is 0 Å². The smallest absolute Gasteiger partial charge is 0.100 e. The molecule has 0 aromatic heterocycles. The molecule has 2 rings (SSSR count). The number of hydrogen-bond acceptors (Lipinski definition) is 1. The van der Waals surface area contributed by atoms with Gasteiger partial charge in [-0.1, -0.05) is 0 Å². The van der Waals surface area contributed by atoms with E-state index < -0.39 is 12.3 Å². The fraction of sp³-hybridized carbons (Fsp3) is 1.00. The minimum atomic E-state index is -0.662. The van der Waals surface area contributed by atoms with Crippen LogP contribution in [0.15, 0.2) is 0 Å². The summed E-state index contributed by atoms with van der Waals surface area (Å²) in [5, 5.41) is 10.2. The van der Waals surface area contributed by atoms with E-state index in [2.05, 4.69) is 0 Å². The summed E-state index contributed by atoms with van der Waals surface area (Å²) in [4.78, 5) is 0. The number of rotatable bonds is 2. The third kappa shape index (κ3) is 2.93. The average molecular weight is 232 g/mol. The van der Waals surface area contributed by atoms with Gasteiger partial charge >= 0.3 is 0 Å². The molecule has 0 heterocycles. The van der Waals surface area contributed by atoms with E-state index >= 15 is 0 Å². The van der Waals surface area contributed by atoms with E-state index in [0.717, 1.165) is 25.7 Å². The summed E-state index contributed by atoms with van der Waals surface area (Å²) in [6.07, 6.45) is 3.96. The first kappa shape index (κ1) is 12.3. The Kier molecular flexibility index (Phi) is 4.17. The van der Waals surface area contributed by atoms with Crippen LogP contribution in [0, 0.1) is 11.8 Å². The average Bonchev–Trinajstić information content (AvgIpc) is 2.30. The summed E-state index contributed by atoms with van der Waals surface area (Å²) in [5.74, 6) is 0.515. The number of aliphatic hydroxyl groups excluding tert-OH is 1. The largest absolute Gasteiger partial charge is 0.393 e. The first-order valence-corrected chi connectivity index (χ1v) is 6.63. The fourth-order valence-electron chi connectivity index (χ4n) is 3.22. The zero-order valence-corrected chi connectivity index (χ0v) is 9.75. The van der Waals surface area contributed by atoms with Crippen molar-refractivity contribution >= 4 is 0 Å². The quantitative estimate of drug-likeness (QED) is 0.773. The highest BCUT2D eigenvalue weighted by atomic mass is 19.1. The van der Waals surface area contributed by atoms with E-state index in [1.165, 1.54) is 0 Å². The molecule has 1 nitrogen and oxygen atoms in total. The molecule has 0 amide bonds. The summed E-state index contributed by atoms with van der Waals surface area (Å²) in [6, 6.07) is 0. The summed E-state index contributed by atoms with van der Waals surface area (Å²) in [7, 11) is 0. The SMILES string of the molecule is OC(C1CCC(F)CC1)C1CCC(F)CC1. The molecule has 0 atom stereocenters. The maximum atomic E-state index is 13.0. The predicted molar refractivity (Wildman–Crippen MR) is 59.7 cm³/mol. The first-order chi connectivity index (χ1) is 7.66. The fourth-order valence-corrected chi connectivity index (χ4v) is 3.22. The van der Waals surface area contributed by atoms with Gasteiger partial charge in [-0.05, 0) is 63.2 Å². The molecule has 3 heteroatoms. The second-order valence-electron chi connectivity index (χ2n) is 5.51. The Labute approximate surface area is 96.2 Å². The van der Waals surface area contributed by atoms with Gasteiger partial charge in [0.1, 0.15) is 12.3 Å². The summed E-state index contributed by atoms with van der Waals surface area (Å²) in [6.45, 7) is 0. The van der Waals surface area contributed by atoms with Crippen molar-refractivity contribution in [2.24, 2.45) is 11.8 Å². The third-order valence-electron chi connectivity index (χ3n) is 4.37. The molecule has 94 valence electrons. The summed E-state index contributed by atoms with van der Waals surface area (Å²) in [5.41, 5.74) is 0. The van der Waals surface area contributed by atoms with Gasteiger partial charge in [-0.25, -0.2) is 8.78 Å². The highest BCUT2D eigenvalue weighted by Gasteiger charge is 2.33. The molecule has 0 aromatic rings. The van der Waals surface area contributed by atoms with E-state index in [-0.39, 0.29) is 17.9 Å². The minimum Gasteiger partial charge on any atom is -0.393 e. The molecule has 2 aliphatic carbocycles. The maximum absolute atomic E-state index is 13.0. The summed E-state index contributed by atoms with van der Waals surface area (Å²) >= 11 is 0. The first-order valence-electron chi connectivity index (χ1n) is 6.63. The summed E-state index contributed by atoms with van der Waals surface area (Å²) < 4.78 is 26.0. The topological polar surface area (TPSA) is 20.2 Å². The molecule has 2 fully saturated rings. The van der Waals surface area contributed by atoms with Crippen molar-refractivity contribution < 1.29 is 13.9 Å². The molecule has 0 radical (unpaired) electrons. The predicted octanol–water partition coefficient (Wildman–Crippen LogP) is 3.40. The normalized spacial score (nSPS) is 42.9. The van der Waals surface area contributed by atoms with E-state index in [1.807, 2.05) is 0 Å². The van der Waals surface area contributed by atoms with E-state index in [4.69, 9.17) is 0 Å². The Morgan fingerprint density at radius 3 is 1.31 bits per heavy atom. The van der Waals surface area contributed by atoms with Crippen molar-refractivity contribution in [3.05, 3.63) is 0 Å². The van der Waals surface area contributed by atoms with Gasteiger partial charge in [0.15, 0.2) is 0 Å². The molecule has 0 aliphatic heterocycles. The lowest BCUT2D eigenvalue weighted by Gasteiger charge is -2.35. The van der Waals surface area contributed by atoms with Crippen molar-refractivity contribution in [3.63, 3.8) is 0 Å². The van der Waals surface area contributed by atoms with Crippen LogP contribution in [0.4, 0.5) is 8.78 Å². The van der Waals surface area contributed by atoms with Crippen LogP contribution in [0.2, 0.25) is 0 Å². The zero-order valence-electron chi connectivity index (χ0n) is 9.75. The van der Waals surface area contributed by atoms with Crippen LogP contribution in [0.25, 0.3) is 0 Å². The second-order valence-corrected chi connectivity index (χ2v) is 5.51. The zero-order chi connectivity index (χ0) is 11.5. The van der Waals surface area contributed by atoms with E-state index in [9.17, 15) is 13.9 Å². The lowest BCUT2D eigenvalue weighted by atomic mass is 9.75. The molecule has 0 spiro atoms. The molecule has 0 saturated heterocycles. The molecular weight excluding hydrogens is 210 g/mol. The Bertz CT molecular complexity index is 184. The number of alkyl halides is 2. The van der Waals surface area contributed by atoms with Crippen LogP contribution in [0.3, 0.4) is 0 Å². The lowest BCUT2D eigenvalue weighted by molar-refractivity contribution is 0.00116. The van der Waals surface area contributed by atoms with Crippen LogP contribution >= 0.6 is 0 Å². The maximum Gasteiger partial charge on any atom is 0.100 e. The number of halogens is 2. The Morgan fingerprint density at radius 1 is 0.688 bits per heavy atom. The van der Waals surface area contributed by atoms with Crippen LogP contribution in [0.5, 0.6) is 0 Å². The molecule has 0 aromatic carbocycles. The van der Waals surface area contributed by atoms with Gasteiger partial charge in [0, 0.05) is 0 Å². The molecule has 16 heavy (non-hydrogen) atoms. The van der Waals surface area contributed by atoms with Gasteiger partial charge in [0.25, 0.3) is 0 Å². The van der Waals surface area contributed by atoms with Crippen molar-refractivity contribution in [2.45, 2.75) is 69.8 Å². The lowest BCUT2D eigenvalue weighted by Crippen LogP contribution is -2.34. The van der Waals surface area contributed by atoms with E-state index in [0.29, 0.717) is 25.7 Å². The Morgan fingerprint density at radius 2 is 1.00 bits per heavy atom. The van der Waals surface area contributed by atoms with Crippen molar-refractivity contribution in [1.29, 1.82) is 0 Å². The van der Waals surface area contributed by atoms with Gasteiger partial charge < -0.3 is 5.11 Å². The van der Waals surface area contributed by atoms with Crippen LogP contribution in [-0.2, 0) is 0 Å². The van der Waals surface area contributed by atoms with E-state index in [1.54, 1.807) is 0 Å². The van der Waals surface area contributed by atoms with Gasteiger partial charge in [-0.2, -0.15) is 0 Å². The highest BCUT2D eigenvalue weighted by molar-refractivity contribution is 4.84. The molecular formula is C13H22F2O. The van der Waals surface area contributed by atoms with Gasteiger partial charge in [0.2, 0.25) is 0 Å². The molecule has 0 bridgehead atoms. The number of aliphatic hydroxyl groups is 1. The third-order valence-corrected chi connectivity index (χ3v) is 4.37. The standard InChI is InChI=1S/C13H22F2O/c14-11-5-1-9(2-6-11)13(16)10-3-7-12(15)8-4-10/h9-13,16H,1-8H2. The van der Waals surface area contributed by atoms with Gasteiger partial charge in [-0.15, -0.1) is 0 Å². The van der Waals surface area contributed by atoms with Crippen molar-refractivity contribution in [2.75, 3.05) is 0 Å². The van der Waals surface area contributed by atoms with Crippen molar-refractivity contribution in [1.82, 2.24) is 0 Å². The number of hydrogen-bond donors (Lipinski definition) is 1. The monoisotopic (exact) mass is 232 g/mol. The van der Waals surface area contributed by atoms with Crippen LogP contribution in [0.1, 0.15) is 51.4 Å². The van der Waals surface area contributed by atoms with Crippen LogP contribution < -0.4 is 0 Å². The highest BCUT2D eigenvalue weighted by Crippen LogP contribution is 2.36. The molecule has 0 unspecified atom stereocenters. The Balaban J connectivity index is 1.80. The molecule has 2 saturated carbocycles. The molecule has 1 N–H and O–H groups in total. The van der Waals surface area contributed by atoms with Gasteiger partial charge in [0.05, 0.1) is 6.10 Å². The van der Waals surface area contributed by atoms with Crippen LogP contribution in [-0.4, -0.2) is 23.6 Å². The molecule has 2 aliphatic rings. The second kappa shape index (κ2) is 5.44. The minimum absolute atomic E-state index is 0.258.